The Morgan fingerprint density at radius 3 is 2.79 bits per heavy atom. The largest absolute Gasteiger partial charge is 0.379 e. The fourth-order valence-corrected chi connectivity index (χ4v) is 4.08. The molecule has 0 saturated heterocycles. The third-order valence-corrected chi connectivity index (χ3v) is 5.55. The molecular formula is C18H16ClFN4O3S. The minimum Gasteiger partial charge on any atom is -0.379 e. The van der Waals surface area contributed by atoms with Gasteiger partial charge < -0.3 is 11.1 Å². The summed E-state index contributed by atoms with van der Waals surface area (Å²) in [6, 6.07) is 7.83. The van der Waals surface area contributed by atoms with Crippen LogP contribution in [0.25, 0.3) is 0 Å². The van der Waals surface area contributed by atoms with Crippen LogP contribution in [0.4, 0.5) is 15.8 Å². The summed E-state index contributed by atoms with van der Waals surface area (Å²) in [6.45, 7) is 1.89. The first-order chi connectivity index (χ1) is 13.2. The Balaban J connectivity index is 1.89. The van der Waals surface area contributed by atoms with Crippen molar-refractivity contribution in [3.8, 4) is 0 Å². The van der Waals surface area contributed by atoms with Crippen molar-refractivity contribution in [3.63, 3.8) is 0 Å². The highest BCUT2D eigenvalue weighted by atomic mass is 35.5. The topological polar surface area (TPSA) is 111 Å². The number of anilines is 1. The lowest BCUT2D eigenvalue weighted by molar-refractivity contribution is -0.384. The Hall–Kier alpha value is -2.65. The molecule has 0 spiro atoms. The molecule has 0 aliphatic carbocycles. The van der Waals surface area contributed by atoms with Crippen LogP contribution in [-0.4, -0.2) is 21.8 Å². The van der Waals surface area contributed by atoms with Crippen LogP contribution in [0.3, 0.4) is 0 Å². The molecule has 1 heterocycles. The smallest absolute Gasteiger partial charge is 0.270 e. The van der Waals surface area contributed by atoms with E-state index in [1.165, 1.54) is 30.0 Å². The van der Waals surface area contributed by atoms with Crippen LogP contribution in [0.1, 0.15) is 29.3 Å². The molecule has 0 bridgehead atoms. The van der Waals surface area contributed by atoms with Gasteiger partial charge in [-0.15, -0.1) is 0 Å². The van der Waals surface area contributed by atoms with Crippen molar-refractivity contribution in [3.05, 3.63) is 68.5 Å². The number of carbonyl (C=O) groups excluding carboxylic acids is 1. The number of carbonyl (C=O) groups is 1. The number of amides is 1. The third-order valence-electron chi connectivity index (χ3n) is 4.44. The van der Waals surface area contributed by atoms with E-state index in [4.69, 9.17) is 17.3 Å². The number of nitrogens with zero attached hydrogens (tertiary/aromatic N) is 2. The van der Waals surface area contributed by atoms with E-state index in [2.05, 4.69) is 10.3 Å². The van der Waals surface area contributed by atoms with Crippen molar-refractivity contribution in [2.24, 2.45) is 10.7 Å². The third kappa shape index (κ3) is 4.10. The van der Waals surface area contributed by atoms with Crippen molar-refractivity contribution in [1.29, 1.82) is 0 Å². The van der Waals surface area contributed by atoms with E-state index in [0.717, 1.165) is 17.9 Å². The number of nitrogens with one attached hydrogen (secondary N) is 1. The number of aliphatic imine (C=N–C) groups is 1. The molecular weight excluding hydrogens is 407 g/mol. The Labute approximate surface area is 169 Å². The van der Waals surface area contributed by atoms with Crippen molar-refractivity contribution in [2.75, 3.05) is 11.1 Å². The van der Waals surface area contributed by atoms with Gasteiger partial charge in [0.1, 0.15) is 5.82 Å². The molecule has 1 aliphatic heterocycles. The maximum atomic E-state index is 14.3. The molecule has 28 heavy (non-hydrogen) atoms. The average Bonchev–Trinajstić information content (AvgIpc) is 2.62. The van der Waals surface area contributed by atoms with Crippen LogP contribution >= 0.6 is 23.4 Å². The van der Waals surface area contributed by atoms with Gasteiger partial charge in [-0.2, -0.15) is 0 Å². The number of halogens is 2. The quantitative estimate of drug-likeness (QED) is 0.563. The van der Waals surface area contributed by atoms with Gasteiger partial charge >= 0.3 is 0 Å². The molecule has 7 nitrogen and oxygen atoms in total. The molecule has 0 radical (unpaired) electrons. The number of nitro groups is 1. The summed E-state index contributed by atoms with van der Waals surface area (Å²) in [5.41, 5.74) is 5.64. The molecule has 1 unspecified atom stereocenters. The summed E-state index contributed by atoms with van der Waals surface area (Å²) < 4.78 is 14.3. The number of nitrogens with two attached hydrogens (primary N) is 1. The fourth-order valence-electron chi connectivity index (χ4n) is 2.84. The lowest BCUT2D eigenvalue weighted by atomic mass is 9.89. The second-order valence-electron chi connectivity index (χ2n) is 6.39. The number of amidine groups is 1. The Morgan fingerprint density at radius 2 is 2.14 bits per heavy atom. The van der Waals surface area contributed by atoms with Crippen LogP contribution in [-0.2, 0) is 5.54 Å². The average molecular weight is 423 g/mol. The first-order valence-electron chi connectivity index (χ1n) is 8.23. The van der Waals surface area contributed by atoms with Gasteiger partial charge in [0, 0.05) is 17.9 Å². The van der Waals surface area contributed by atoms with Crippen LogP contribution in [0.2, 0.25) is 5.02 Å². The molecule has 1 atom stereocenters. The monoisotopic (exact) mass is 422 g/mol. The number of non-ortho nitro benzene ring substituents is 1. The molecule has 2 aromatic rings. The zero-order chi connectivity index (χ0) is 20.5. The molecule has 1 amide bonds. The maximum absolute atomic E-state index is 14.3. The summed E-state index contributed by atoms with van der Waals surface area (Å²) in [7, 11) is 0. The van der Waals surface area contributed by atoms with Gasteiger partial charge in [0.15, 0.2) is 5.17 Å². The molecule has 146 valence electrons. The van der Waals surface area contributed by atoms with E-state index in [9.17, 15) is 19.3 Å². The zero-order valence-corrected chi connectivity index (χ0v) is 16.3. The second-order valence-corrected chi connectivity index (χ2v) is 7.91. The van der Waals surface area contributed by atoms with E-state index in [1.54, 1.807) is 6.07 Å². The molecule has 3 N–H and O–H groups in total. The van der Waals surface area contributed by atoms with Gasteiger partial charge in [0.2, 0.25) is 0 Å². The maximum Gasteiger partial charge on any atom is 0.270 e. The highest BCUT2D eigenvalue weighted by molar-refractivity contribution is 8.13. The van der Waals surface area contributed by atoms with Gasteiger partial charge in [-0.25, -0.2) is 4.39 Å². The Kier molecular flexibility index (Phi) is 5.57. The molecule has 0 saturated carbocycles. The normalized spacial score (nSPS) is 19.0. The lowest BCUT2D eigenvalue weighted by Gasteiger charge is -2.30. The highest BCUT2D eigenvalue weighted by Gasteiger charge is 2.30. The molecule has 2 aromatic carbocycles. The second kappa shape index (κ2) is 7.76. The van der Waals surface area contributed by atoms with Crippen molar-refractivity contribution < 1.29 is 14.1 Å². The number of benzene rings is 2. The Bertz CT molecular complexity index is 1000. The summed E-state index contributed by atoms with van der Waals surface area (Å²) in [5.74, 6) is -0.521. The fraction of sp³-hybridized carbons (Fsp3) is 0.222. The van der Waals surface area contributed by atoms with Crippen molar-refractivity contribution in [2.45, 2.75) is 18.9 Å². The van der Waals surface area contributed by atoms with E-state index >= 15 is 0 Å². The number of hydrogen-bond donors (Lipinski definition) is 2. The van der Waals surface area contributed by atoms with Crippen molar-refractivity contribution >= 4 is 45.8 Å². The zero-order valence-electron chi connectivity index (χ0n) is 14.7. The molecule has 10 heteroatoms. The summed E-state index contributed by atoms with van der Waals surface area (Å²) >= 11 is 7.43. The van der Waals surface area contributed by atoms with E-state index in [-0.39, 0.29) is 22.0 Å². The van der Waals surface area contributed by atoms with E-state index in [0.29, 0.717) is 17.2 Å². The van der Waals surface area contributed by atoms with Gasteiger partial charge in [0.25, 0.3) is 11.6 Å². The summed E-state index contributed by atoms with van der Waals surface area (Å²) in [6.07, 6.45) is 0.714. The first-order valence-corrected chi connectivity index (χ1v) is 9.59. The van der Waals surface area contributed by atoms with Crippen LogP contribution in [0, 0.1) is 15.9 Å². The number of nitro benzene ring substituents is 1. The lowest BCUT2D eigenvalue weighted by Crippen LogP contribution is -2.29. The SMILES string of the molecule is CC1(c2ccc(F)c(NC(=O)c3ccc([N+](=O)[O-])cc3Cl)c2)CCSC(N)=N1. The molecule has 0 aromatic heterocycles. The van der Waals surface area contributed by atoms with E-state index in [1.807, 2.05) is 6.92 Å². The van der Waals surface area contributed by atoms with Crippen molar-refractivity contribution in [1.82, 2.24) is 0 Å². The minimum absolute atomic E-state index is 0.000358. The van der Waals surface area contributed by atoms with Gasteiger partial charge in [-0.3, -0.25) is 19.9 Å². The number of rotatable bonds is 4. The van der Waals surface area contributed by atoms with Crippen LogP contribution < -0.4 is 11.1 Å². The first kappa shape index (κ1) is 20.1. The van der Waals surface area contributed by atoms with Crippen LogP contribution in [0.5, 0.6) is 0 Å². The van der Waals surface area contributed by atoms with Gasteiger partial charge in [-0.05, 0) is 37.1 Å². The predicted octanol–water partition coefficient (Wildman–Crippen LogP) is 4.31. The number of thioether (sulfide) groups is 1. The minimum atomic E-state index is -0.677. The molecule has 1 aliphatic rings. The van der Waals surface area contributed by atoms with Gasteiger partial charge in [0.05, 0.1) is 26.7 Å². The Morgan fingerprint density at radius 1 is 1.39 bits per heavy atom. The number of hydrogen-bond acceptors (Lipinski definition) is 6. The predicted molar refractivity (Wildman–Crippen MR) is 109 cm³/mol. The summed E-state index contributed by atoms with van der Waals surface area (Å²) in [5, 5.41) is 13.6. The van der Waals surface area contributed by atoms with Crippen LogP contribution in [0.15, 0.2) is 41.4 Å². The standard InChI is InChI=1S/C18H16ClFN4O3S/c1-18(6-7-28-17(21)23-18)10-2-5-14(20)15(8-10)22-16(25)12-4-3-11(24(26)27)9-13(12)19/h2-5,8-9H,6-7H2,1H3,(H2,21,23)(H,22,25). The molecule has 0 fully saturated rings. The highest BCUT2D eigenvalue weighted by Crippen LogP contribution is 2.36. The van der Waals surface area contributed by atoms with E-state index < -0.39 is 22.2 Å². The summed E-state index contributed by atoms with van der Waals surface area (Å²) in [4.78, 5) is 27.1. The molecule has 3 rings (SSSR count). The van der Waals surface area contributed by atoms with Gasteiger partial charge in [-0.1, -0.05) is 29.4 Å².